The van der Waals surface area contributed by atoms with Crippen LogP contribution in [0.5, 0.6) is 0 Å². The Hall–Kier alpha value is -1.40. The minimum atomic E-state index is -0.285. The summed E-state index contributed by atoms with van der Waals surface area (Å²) in [6.45, 7) is 8.16. The molecular weight excluding hydrogens is 268 g/mol. The first-order chi connectivity index (χ1) is 9.90. The predicted molar refractivity (Wildman–Crippen MR) is 83.4 cm³/mol. The van der Waals surface area contributed by atoms with Crippen molar-refractivity contribution in [1.29, 1.82) is 0 Å². The molecule has 1 aliphatic rings. The fourth-order valence-electron chi connectivity index (χ4n) is 2.91. The molecule has 1 atom stereocenters. The van der Waals surface area contributed by atoms with Crippen molar-refractivity contribution in [3.63, 3.8) is 0 Å². The second-order valence-corrected chi connectivity index (χ2v) is 6.29. The Morgan fingerprint density at radius 2 is 2.05 bits per heavy atom. The fraction of sp³-hybridized carbons (Fsp3) is 0.733. The Labute approximate surface area is 125 Å². The average molecular weight is 294 g/mol. The Kier molecular flexibility index (Phi) is 5.00. The van der Waals surface area contributed by atoms with Gasteiger partial charge in [0.15, 0.2) is 0 Å². The summed E-state index contributed by atoms with van der Waals surface area (Å²) in [5.41, 5.74) is 0.145. The van der Waals surface area contributed by atoms with E-state index in [9.17, 15) is 9.59 Å². The molecule has 1 fully saturated rings. The van der Waals surface area contributed by atoms with Crippen LogP contribution in [0.25, 0.3) is 0 Å². The standard InChI is InChI=1S/C15H26N4O2/c1-11(2)19-6-5-12(9-19)7-16-8-13-10-17(3)15(21)18(4)14(13)20/h10-12,16H,5-9H2,1-4H3. The summed E-state index contributed by atoms with van der Waals surface area (Å²) in [7, 11) is 3.19. The summed E-state index contributed by atoms with van der Waals surface area (Å²) >= 11 is 0. The first-order valence-electron chi connectivity index (χ1n) is 7.60. The molecule has 2 heterocycles. The number of aryl methyl sites for hydroxylation is 1. The van der Waals surface area contributed by atoms with Crippen molar-refractivity contribution >= 4 is 0 Å². The number of aromatic nitrogens is 2. The van der Waals surface area contributed by atoms with Gasteiger partial charge in [0.25, 0.3) is 5.56 Å². The lowest BCUT2D eigenvalue weighted by Crippen LogP contribution is -2.40. The van der Waals surface area contributed by atoms with Gasteiger partial charge in [-0.1, -0.05) is 0 Å². The minimum absolute atomic E-state index is 0.208. The minimum Gasteiger partial charge on any atom is -0.312 e. The molecule has 6 heteroatoms. The van der Waals surface area contributed by atoms with Gasteiger partial charge < -0.3 is 14.8 Å². The molecule has 118 valence electrons. The van der Waals surface area contributed by atoms with Gasteiger partial charge >= 0.3 is 5.69 Å². The van der Waals surface area contributed by atoms with Gasteiger partial charge in [0.2, 0.25) is 0 Å². The van der Waals surface area contributed by atoms with Crippen molar-refractivity contribution in [3.05, 3.63) is 32.6 Å². The molecule has 0 amide bonds. The highest BCUT2D eigenvalue weighted by molar-refractivity contribution is 5.05. The molecule has 1 aromatic heterocycles. The van der Waals surface area contributed by atoms with Crippen LogP contribution >= 0.6 is 0 Å². The zero-order chi connectivity index (χ0) is 15.6. The van der Waals surface area contributed by atoms with Gasteiger partial charge in [-0.15, -0.1) is 0 Å². The Bertz CT molecular complexity index is 603. The zero-order valence-electron chi connectivity index (χ0n) is 13.4. The van der Waals surface area contributed by atoms with E-state index < -0.39 is 0 Å². The molecule has 1 aromatic rings. The summed E-state index contributed by atoms with van der Waals surface area (Å²) in [4.78, 5) is 26.1. The Balaban J connectivity index is 1.90. The van der Waals surface area contributed by atoms with Crippen LogP contribution in [-0.4, -0.2) is 39.7 Å². The van der Waals surface area contributed by atoms with Crippen LogP contribution in [0, 0.1) is 5.92 Å². The Morgan fingerprint density at radius 1 is 1.33 bits per heavy atom. The van der Waals surface area contributed by atoms with Crippen molar-refractivity contribution in [3.8, 4) is 0 Å². The van der Waals surface area contributed by atoms with Gasteiger partial charge in [0, 0.05) is 45.0 Å². The van der Waals surface area contributed by atoms with E-state index in [0.29, 0.717) is 24.1 Å². The van der Waals surface area contributed by atoms with Gasteiger partial charge in [-0.2, -0.15) is 0 Å². The number of nitrogens with one attached hydrogen (secondary N) is 1. The number of likely N-dealkylation sites (tertiary alicyclic amines) is 1. The first-order valence-corrected chi connectivity index (χ1v) is 7.60. The Morgan fingerprint density at radius 3 is 2.67 bits per heavy atom. The molecule has 1 N–H and O–H groups in total. The summed E-state index contributed by atoms with van der Waals surface area (Å²) < 4.78 is 2.61. The topological polar surface area (TPSA) is 59.3 Å². The molecule has 0 spiro atoms. The highest BCUT2D eigenvalue weighted by atomic mass is 16.2. The van der Waals surface area contributed by atoms with E-state index in [2.05, 4.69) is 24.1 Å². The zero-order valence-corrected chi connectivity index (χ0v) is 13.4. The van der Waals surface area contributed by atoms with Crippen molar-refractivity contribution in [2.24, 2.45) is 20.0 Å². The molecule has 1 unspecified atom stereocenters. The number of rotatable bonds is 5. The molecule has 0 radical (unpaired) electrons. The molecule has 0 saturated carbocycles. The molecule has 2 rings (SSSR count). The normalized spacial score (nSPS) is 19.6. The number of hydrogen-bond acceptors (Lipinski definition) is 4. The lowest BCUT2D eigenvalue weighted by atomic mass is 10.1. The predicted octanol–water partition coefficient (Wildman–Crippen LogP) is -0.0961. The van der Waals surface area contributed by atoms with Crippen molar-refractivity contribution < 1.29 is 0 Å². The van der Waals surface area contributed by atoms with E-state index in [1.165, 1.54) is 18.0 Å². The maximum absolute atomic E-state index is 12.0. The lowest BCUT2D eigenvalue weighted by Gasteiger charge is -2.20. The van der Waals surface area contributed by atoms with Crippen LogP contribution in [0.15, 0.2) is 15.8 Å². The molecule has 1 saturated heterocycles. The van der Waals surface area contributed by atoms with E-state index in [1.807, 2.05) is 0 Å². The smallest absolute Gasteiger partial charge is 0.312 e. The highest BCUT2D eigenvalue weighted by Crippen LogP contribution is 2.17. The third-order valence-corrected chi connectivity index (χ3v) is 4.31. The molecule has 0 aromatic carbocycles. The highest BCUT2D eigenvalue weighted by Gasteiger charge is 2.23. The van der Waals surface area contributed by atoms with Crippen LogP contribution in [0.3, 0.4) is 0 Å². The fourth-order valence-corrected chi connectivity index (χ4v) is 2.91. The van der Waals surface area contributed by atoms with E-state index in [0.717, 1.165) is 24.2 Å². The van der Waals surface area contributed by atoms with Gasteiger partial charge in [-0.05, 0) is 39.3 Å². The average Bonchev–Trinajstić information content (AvgIpc) is 2.91. The summed E-state index contributed by atoms with van der Waals surface area (Å²) in [6.07, 6.45) is 2.84. The maximum atomic E-state index is 12.0. The van der Waals surface area contributed by atoms with Crippen LogP contribution in [0.4, 0.5) is 0 Å². The summed E-state index contributed by atoms with van der Waals surface area (Å²) in [5.74, 6) is 0.642. The molecule has 1 aliphatic heterocycles. The second kappa shape index (κ2) is 6.58. The van der Waals surface area contributed by atoms with Gasteiger partial charge in [-0.3, -0.25) is 9.36 Å². The van der Waals surface area contributed by atoms with Crippen molar-refractivity contribution in [2.75, 3.05) is 19.6 Å². The summed E-state index contributed by atoms with van der Waals surface area (Å²) in [5, 5.41) is 3.36. The molecular formula is C15H26N4O2. The molecule has 0 bridgehead atoms. The monoisotopic (exact) mass is 294 g/mol. The van der Waals surface area contributed by atoms with Gasteiger partial charge in [-0.25, -0.2) is 4.79 Å². The largest absolute Gasteiger partial charge is 0.330 e. The van der Waals surface area contributed by atoms with Crippen LogP contribution in [-0.2, 0) is 20.6 Å². The molecule has 21 heavy (non-hydrogen) atoms. The third kappa shape index (κ3) is 3.63. The van der Waals surface area contributed by atoms with Gasteiger partial charge in [0.05, 0.1) is 0 Å². The third-order valence-electron chi connectivity index (χ3n) is 4.31. The van der Waals surface area contributed by atoms with Crippen molar-refractivity contribution in [2.45, 2.75) is 32.9 Å². The first kappa shape index (κ1) is 16.0. The van der Waals surface area contributed by atoms with E-state index in [-0.39, 0.29) is 11.2 Å². The van der Waals surface area contributed by atoms with E-state index in [1.54, 1.807) is 13.2 Å². The van der Waals surface area contributed by atoms with Crippen LogP contribution in [0.1, 0.15) is 25.8 Å². The summed E-state index contributed by atoms with van der Waals surface area (Å²) in [6, 6.07) is 0.603. The maximum Gasteiger partial charge on any atom is 0.330 e. The van der Waals surface area contributed by atoms with Crippen LogP contribution in [0.2, 0.25) is 0 Å². The lowest BCUT2D eigenvalue weighted by molar-refractivity contribution is 0.264. The molecule has 0 aliphatic carbocycles. The number of hydrogen-bond donors (Lipinski definition) is 1. The second-order valence-electron chi connectivity index (χ2n) is 6.29. The number of nitrogens with zero attached hydrogens (tertiary/aromatic N) is 3. The molecule has 6 nitrogen and oxygen atoms in total. The van der Waals surface area contributed by atoms with Crippen molar-refractivity contribution in [1.82, 2.24) is 19.4 Å². The quantitative estimate of drug-likeness (QED) is 0.824. The van der Waals surface area contributed by atoms with E-state index in [4.69, 9.17) is 0 Å². The SMILES string of the molecule is CC(C)N1CCC(CNCc2cn(C)c(=O)n(C)c2=O)C1. The van der Waals surface area contributed by atoms with Gasteiger partial charge in [0.1, 0.15) is 0 Å². The van der Waals surface area contributed by atoms with E-state index >= 15 is 0 Å². The van der Waals surface area contributed by atoms with Crippen LogP contribution < -0.4 is 16.6 Å².